The fraction of sp³-hybridized carbons (Fsp3) is 0.259. The molecule has 0 aliphatic rings. The average molecular weight is 565 g/mol. The van der Waals surface area contributed by atoms with Gasteiger partial charge in [0, 0.05) is 30.3 Å². The van der Waals surface area contributed by atoms with E-state index in [1.807, 2.05) is 30.3 Å². The number of thioether (sulfide) groups is 1. The van der Waals surface area contributed by atoms with Crippen LogP contribution < -0.4 is 5.32 Å². The maximum absolute atomic E-state index is 14.2. The van der Waals surface area contributed by atoms with Crippen LogP contribution in [-0.2, 0) is 18.7 Å². The maximum atomic E-state index is 14.2. The van der Waals surface area contributed by atoms with E-state index >= 15 is 0 Å². The first kappa shape index (κ1) is 28.5. The number of hydrogen-bond acceptors (Lipinski definition) is 6. The van der Waals surface area contributed by atoms with E-state index in [-0.39, 0.29) is 10.9 Å². The smallest absolute Gasteiger partial charge is 0.200 e. The quantitative estimate of drug-likeness (QED) is 0.0505. The number of phenols is 1. The number of halogens is 5. The third kappa shape index (κ3) is 6.94. The second-order valence-electron chi connectivity index (χ2n) is 8.72. The minimum atomic E-state index is -2.22. The minimum Gasteiger partial charge on any atom is -0.508 e. The number of unbranched alkanes of at least 4 members (excludes halogenated alkanes) is 1. The van der Waals surface area contributed by atoms with Crippen molar-refractivity contribution in [3.8, 4) is 11.4 Å². The first-order chi connectivity index (χ1) is 18.8. The van der Waals surface area contributed by atoms with Gasteiger partial charge in [0.1, 0.15) is 17.8 Å². The van der Waals surface area contributed by atoms with Crippen LogP contribution in [0.3, 0.4) is 0 Å². The van der Waals surface area contributed by atoms with E-state index in [1.54, 1.807) is 16.7 Å². The Labute approximate surface area is 225 Å². The number of aromatic nitrogens is 3. The standard InChI is InChI=1S/C27H25F5N4O2S/c28-22-19(23(29)25(31)26(32)24(22)30)15-39-27-35-34-20(36(27)17-9-6-10-18(37)13-17)11-4-5-12-21(38)33-14-16-7-2-1-3-8-16/h1-3,6-10,13,21,33,37-38H,4-5,11-12,14-15H2. The zero-order chi connectivity index (χ0) is 27.9. The zero-order valence-corrected chi connectivity index (χ0v) is 21.4. The fourth-order valence-corrected chi connectivity index (χ4v) is 4.88. The van der Waals surface area contributed by atoms with Gasteiger partial charge < -0.3 is 10.2 Å². The van der Waals surface area contributed by atoms with E-state index in [4.69, 9.17) is 0 Å². The van der Waals surface area contributed by atoms with Crippen LogP contribution >= 0.6 is 11.8 Å². The molecular formula is C27H25F5N4O2S. The van der Waals surface area contributed by atoms with E-state index in [1.165, 1.54) is 12.1 Å². The molecule has 0 radical (unpaired) electrons. The molecule has 0 bridgehead atoms. The van der Waals surface area contributed by atoms with Gasteiger partial charge in [-0.05, 0) is 37.0 Å². The Bertz CT molecular complexity index is 1390. The summed E-state index contributed by atoms with van der Waals surface area (Å²) in [5.41, 5.74) is 0.534. The number of hydrogen-bond donors (Lipinski definition) is 3. The van der Waals surface area contributed by atoms with Gasteiger partial charge in [-0.1, -0.05) is 48.2 Å². The summed E-state index contributed by atoms with van der Waals surface area (Å²) in [6.07, 6.45) is 1.44. The molecule has 206 valence electrons. The highest BCUT2D eigenvalue weighted by Crippen LogP contribution is 2.31. The van der Waals surface area contributed by atoms with Crippen molar-refractivity contribution in [1.29, 1.82) is 0 Å². The van der Waals surface area contributed by atoms with Crippen LogP contribution in [0, 0.1) is 29.1 Å². The Balaban J connectivity index is 1.44. The molecule has 1 heterocycles. The summed E-state index contributed by atoms with van der Waals surface area (Å²) >= 11 is 0.744. The molecule has 3 N–H and O–H groups in total. The molecule has 3 aromatic carbocycles. The van der Waals surface area contributed by atoms with Gasteiger partial charge in [0.25, 0.3) is 0 Å². The number of rotatable bonds is 12. The van der Waals surface area contributed by atoms with E-state index in [2.05, 4.69) is 15.5 Å². The predicted octanol–water partition coefficient (Wildman–Crippen LogP) is 5.78. The average Bonchev–Trinajstić information content (AvgIpc) is 3.35. The van der Waals surface area contributed by atoms with Crippen LogP contribution in [0.5, 0.6) is 5.75 Å². The molecule has 1 atom stereocenters. The predicted molar refractivity (Wildman–Crippen MR) is 136 cm³/mol. The zero-order valence-electron chi connectivity index (χ0n) is 20.6. The number of aryl methyl sites for hydroxylation is 1. The molecule has 4 rings (SSSR count). The summed E-state index contributed by atoms with van der Waals surface area (Å²) in [5, 5.41) is 31.6. The second kappa shape index (κ2) is 13.0. The lowest BCUT2D eigenvalue weighted by molar-refractivity contribution is 0.122. The maximum Gasteiger partial charge on any atom is 0.200 e. The van der Waals surface area contributed by atoms with Gasteiger partial charge in [-0.15, -0.1) is 10.2 Å². The molecule has 1 unspecified atom stereocenters. The molecule has 39 heavy (non-hydrogen) atoms. The third-order valence-electron chi connectivity index (χ3n) is 5.95. The van der Waals surface area contributed by atoms with Gasteiger partial charge >= 0.3 is 0 Å². The number of benzene rings is 3. The highest BCUT2D eigenvalue weighted by molar-refractivity contribution is 7.98. The summed E-state index contributed by atoms with van der Waals surface area (Å²) < 4.78 is 70.6. The molecule has 0 aliphatic carbocycles. The summed E-state index contributed by atoms with van der Waals surface area (Å²) in [6, 6.07) is 15.8. The van der Waals surface area contributed by atoms with Crippen LogP contribution in [0.2, 0.25) is 0 Å². The first-order valence-electron chi connectivity index (χ1n) is 12.1. The van der Waals surface area contributed by atoms with Crippen LogP contribution in [0.25, 0.3) is 5.69 Å². The van der Waals surface area contributed by atoms with Gasteiger partial charge in [-0.25, -0.2) is 22.0 Å². The van der Waals surface area contributed by atoms with Gasteiger partial charge in [-0.3, -0.25) is 9.88 Å². The molecule has 1 aromatic heterocycles. The molecule has 6 nitrogen and oxygen atoms in total. The molecule has 0 saturated heterocycles. The number of nitrogens with one attached hydrogen (secondary N) is 1. The Kier molecular flexibility index (Phi) is 9.54. The van der Waals surface area contributed by atoms with Crippen LogP contribution in [0.1, 0.15) is 36.2 Å². The van der Waals surface area contributed by atoms with Crippen LogP contribution in [0.15, 0.2) is 59.8 Å². The van der Waals surface area contributed by atoms with Gasteiger partial charge in [0.2, 0.25) is 5.82 Å². The highest BCUT2D eigenvalue weighted by Gasteiger charge is 2.26. The Morgan fingerprint density at radius 3 is 2.23 bits per heavy atom. The van der Waals surface area contributed by atoms with E-state index in [9.17, 15) is 32.2 Å². The van der Waals surface area contributed by atoms with Crippen molar-refractivity contribution >= 4 is 11.8 Å². The van der Waals surface area contributed by atoms with Crippen molar-refractivity contribution in [2.45, 2.75) is 49.4 Å². The van der Waals surface area contributed by atoms with Crippen molar-refractivity contribution in [3.05, 3.63) is 101 Å². The molecular weight excluding hydrogens is 539 g/mol. The first-order valence-corrected chi connectivity index (χ1v) is 13.1. The lowest BCUT2D eigenvalue weighted by Gasteiger charge is -2.13. The topological polar surface area (TPSA) is 83.2 Å². The summed E-state index contributed by atoms with van der Waals surface area (Å²) in [6.45, 7) is 0.525. The van der Waals surface area contributed by atoms with E-state index < -0.39 is 46.6 Å². The number of phenolic OH excluding ortho intramolecular Hbond substituents is 1. The monoisotopic (exact) mass is 564 g/mol. The number of aliphatic hydroxyl groups excluding tert-OH is 1. The summed E-state index contributed by atoms with van der Waals surface area (Å²) in [7, 11) is 0. The van der Waals surface area contributed by atoms with Gasteiger partial charge in [0.15, 0.2) is 28.4 Å². The van der Waals surface area contributed by atoms with Crippen molar-refractivity contribution in [1.82, 2.24) is 20.1 Å². The summed E-state index contributed by atoms with van der Waals surface area (Å²) in [4.78, 5) is 0. The molecule has 0 fully saturated rings. The molecule has 0 amide bonds. The lowest BCUT2D eigenvalue weighted by atomic mass is 10.1. The summed E-state index contributed by atoms with van der Waals surface area (Å²) in [5.74, 6) is -10.2. The Morgan fingerprint density at radius 2 is 1.54 bits per heavy atom. The number of nitrogens with zero attached hydrogens (tertiary/aromatic N) is 3. The van der Waals surface area contributed by atoms with Gasteiger partial charge in [0.05, 0.1) is 5.69 Å². The molecule has 0 spiro atoms. The molecule has 12 heteroatoms. The van der Waals surface area contributed by atoms with E-state index in [0.717, 1.165) is 17.3 Å². The lowest BCUT2D eigenvalue weighted by Crippen LogP contribution is -2.28. The Morgan fingerprint density at radius 1 is 0.846 bits per heavy atom. The highest BCUT2D eigenvalue weighted by atomic mass is 32.2. The third-order valence-corrected chi connectivity index (χ3v) is 6.90. The second-order valence-corrected chi connectivity index (χ2v) is 9.66. The van der Waals surface area contributed by atoms with Crippen LogP contribution in [-0.4, -0.2) is 31.2 Å². The number of aromatic hydroxyl groups is 1. The molecule has 4 aromatic rings. The largest absolute Gasteiger partial charge is 0.508 e. The van der Waals surface area contributed by atoms with Crippen LogP contribution in [0.4, 0.5) is 22.0 Å². The minimum absolute atomic E-state index is 0.0459. The van der Waals surface area contributed by atoms with Crippen molar-refractivity contribution in [2.75, 3.05) is 0 Å². The molecule has 0 saturated carbocycles. The SMILES string of the molecule is Oc1cccc(-n2c(CCCCC(O)NCc3ccccc3)nnc2SCc2c(F)c(F)c(F)c(F)c2F)c1. The van der Waals surface area contributed by atoms with Crippen molar-refractivity contribution in [2.24, 2.45) is 0 Å². The number of aliphatic hydroxyl groups is 1. The normalized spacial score (nSPS) is 12.2. The fourth-order valence-electron chi connectivity index (χ4n) is 3.92. The van der Waals surface area contributed by atoms with E-state index in [0.29, 0.717) is 43.7 Å². The van der Waals surface area contributed by atoms with Gasteiger partial charge in [-0.2, -0.15) is 0 Å². The Hall–Kier alpha value is -3.48. The van der Waals surface area contributed by atoms with Crippen molar-refractivity contribution < 1.29 is 32.2 Å². The molecule has 0 aliphatic heterocycles. The van der Waals surface area contributed by atoms with Crippen molar-refractivity contribution in [3.63, 3.8) is 0 Å².